The average Bonchev–Trinajstić information content (AvgIpc) is 3.51. The molecule has 2 aliphatic heterocycles. The Hall–Kier alpha value is -4.94. The van der Waals surface area contributed by atoms with E-state index in [2.05, 4.69) is 147 Å². The predicted molar refractivity (Wildman–Crippen MR) is 210 cm³/mol. The second kappa shape index (κ2) is 12.7. The summed E-state index contributed by atoms with van der Waals surface area (Å²) in [6.07, 6.45) is 15.5. The van der Waals surface area contributed by atoms with E-state index < -0.39 is 0 Å². The molecule has 1 fully saturated rings. The molecule has 1 saturated carbocycles. The van der Waals surface area contributed by atoms with Crippen molar-refractivity contribution in [1.82, 2.24) is 0 Å². The van der Waals surface area contributed by atoms with E-state index in [9.17, 15) is 5.26 Å². The van der Waals surface area contributed by atoms with Gasteiger partial charge < -0.3 is 4.90 Å². The molecular formula is C47H48N3+. The third kappa shape index (κ3) is 5.20. The fourth-order valence-corrected chi connectivity index (χ4v) is 9.59. The molecule has 0 amide bonds. The average molecular weight is 655 g/mol. The Morgan fingerprint density at radius 1 is 0.820 bits per heavy atom. The molecule has 3 aliphatic rings. The van der Waals surface area contributed by atoms with Crippen molar-refractivity contribution in [3.8, 4) is 6.07 Å². The van der Waals surface area contributed by atoms with Crippen LogP contribution in [-0.4, -0.2) is 23.9 Å². The molecule has 0 N–H and O–H groups in total. The molecular weight excluding hydrogens is 607 g/mol. The molecule has 1 spiro atoms. The summed E-state index contributed by atoms with van der Waals surface area (Å²) in [5.41, 5.74) is 10.2. The number of nitrogens with zero attached hydrogens (tertiary/aromatic N) is 3. The van der Waals surface area contributed by atoms with Gasteiger partial charge >= 0.3 is 0 Å². The molecule has 5 aromatic carbocycles. The van der Waals surface area contributed by atoms with Crippen LogP contribution in [0, 0.1) is 17.2 Å². The Morgan fingerprint density at radius 2 is 1.48 bits per heavy atom. The van der Waals surface area contributed by atoms with Gasteiger partial charge in [0.15, 0.2) is 5.71 Å². The van der Waals surface area contributed by atoms with Crippen molar-refractivity contribution in [3.63, 3.8) is 0 Å². The van der Waals surface area contributed by atoms with Crippen LogP contribution >= 0.6 is 0 Å². The topological polar surface area (TPSA) is 30.0 Å². The zero-order valence-electron chi connectivity index (χ0n) is 30.0. The van der Waals surface area contributed by atoms with Gasteiger partial charge in [-0.2, -0.15) is 9.84 Å². The van der Waals surface area contributed by atoms with Gasteiger partial charge in [0.25, 0.3) is 0 Å². The number of rotatable bonds is 7. The van der Waals surface area contributed by atoms with E-state index in [1.165, 1.54) is 93.1 Å². The van der Waals surface area contributed by atoms with Gasteiger partial charge in [0, 0.05) is 41.1 Å². The van der Waals surface area contributed by atoms with Crippen molar-refractivity contribution < 1.29 is 4.58 Å². The van der Waals surface area contributed by atoms with Gasteiger partial charge in [0.1, 0.15) is 7.05 Å². The van der Waals surface area contributed by atoms with Crippen molar-refractivity contribution in [2.75, 3.05) is 18.5 Å². The lowest BCUT2D eigenvalue weighted by atomic mass is 9.66. The molecule has 1 unspecified atom stereocenters. The summed E-state index contributed by atoms with van der Waals surface area (Å²) < 4.78 is 2.49. The summed E-state index contributed by atoms with van der Waals surface area (Å²) in [5.74, 6) is 0.600. The number of hydrogen-bond donors (Lipinski definition) is 0. The normalized spacial score (nSPS) is 20.5. The molecule has 250 valence electrons. The summed E-state index contributed by atoms with van der Waals surface area (Å²) in [4.78, 5) is 2.62. The zero-order valence-corrected chi connectivity index (χ0v) is 30.0. The first kappa shape index (κ1) is 32.3. The molecule has 0 bridgehead atoms. The standard InChI is InChI=1S/C47H48N3/c1-33(2)27-30-50-41-26-24-36-13-6-8-15-38(36)44(41)46(3,31-34-19-21-35(32-48)22-20-34)42(50)17-12-18-43-47(28-10-5-11-29-47)45-39-16-9-7-14-37(39)23-25-40(45)49(43)4/h6-9,12-26,33H,5,10-11,27-31H2,1-4H3/q+1. The van der Waals surface area contributed by atoms with Gasteiger partial charge in [0.05, 0.1) is 17.0 Å². The number of hydrogen-bond acceptors (Lipinski definition) is 2. The molecule has 3 heteroatoms. The number of allylic oxidation sites excluding steroid dienone is 4. The Bertz CT molecular complexity index is 2240. The first-order valence-corrected chi connectivity index (χ1v) is 18.7. The molecule has 5 aromatic rings. The molecule has 2 heterocycles. The van der Waals surface area contributed by atoms with Gasteiger partial charge in [-0.3, -0.25) is 0 Å². The highest BCUT2D eigenvalue weighted by Crippen LogP contribution is 2.54. The minimum absolute atomic E-state index is 0.0379. The van der Waals surface area contributed by atoms with E-state index in [4.69, 9.17) is 0 Å². The molecule has 0 saturated heterocycles. The van der Waals surface area contributed by atoms with Crippen LogP contribution in [-0.2, 0) is 17.3 Å². The Labute approximate surface area is 297 Å². The van der Waals surface area contributed by atoms with Crippen LogP contribution < -0.4 is 4.90 Å². The quantitative estimate of drug-likeness (QED) is 0.164. The molecule has 8 rings (SSSR count). The van der Waals surface area contributed by atoms with E-state index in [1.807, 2.05) is 12.1 Å². The first-order valence-electron chi connectivity index (χ1n) is 18.7. The minimum Gasteiger partial charge on any atom is -0.344 e. The molecule has 0 aromatic heterocycles. The maximum atomic E-state index is 9.52. The lowest BCUT2D eigenvalue weighted by Crippen LogP contribution is -2.36. The highest BCUT2D eigenvalue weighted by Gasteiger charge is 2.51. The van der Waals surface area contributed by atoms with Crippen molar-refractivity contribution >= 4 is 38.6 Å². The van der Waals surface area contributed by atoms with Crippen LogP contribution in [0.25, 0.3) is 21.5 Å². The highest BCUT2D eigenvalue weighted by molar-refractivity contribution is 6.08. The fraction of sp³-hybridized carbons (Fsp3) is 0.319. The number of anilines is 1. The predicted octanol–water partition coefficient (Wildman–Crippen LogP) is 11.3. The highest BCUT2D eigenvalue weighted by atomic mass is 15.2. The molecule has 3 nitrogen and oxygen atoms in total. The SMILES string of the molecule is CC(C)CCN1C(=CC=CC2=[N+](C)c3ccc4ccccc4c3C23CCCCC3)C(C)(Cc2ccc(C#N)cc2)c2c1ccc1ccccc21. The molecule has 1 atom stereocenters. The summed E-state index contributed by atoms with van der Waals surface area (Å²) in [6, 6.07) is 37.7. The summed E-state index contributed by atoms with van der Waals surface area (Å²) in [5, 5.41) is 14.9. The van der Waals surface area contributed by atoms with E-state index >= 15 is 0 Å². The Morgan fingerprint density at radius 3 is 2.16 bits per heavy atom. The van der Waals surface area contributed by atoms with Crippen LogP contribution in [0.1, 0.15) is 81.5 Å². The molecule has 50 heavy (non-hydrogen) atoms. The smallest absolute Gasteiger partial charge is 0.210 e. The summed E-state index contributed by atoms with van der Waals surface area (Å²) in [7, 11) is 2.28. The zero-order chi connectivity index (χ0) is 34.5. The number of benzene rings is 5. The second-order valence-corrected chi connectivity index (χ2v) is 15.5. The third-order valence-electron chi connectivity index (χ3n) is 12.0. The van der Waals surface area contributed by atoms with Crippen molar-refractivity contribution in [1.29, 1.82) is 5.26 Å². The lowest BCUT2D eigenvalue weighted by molar-refractivity contribution is -0.401. The maximum absolute atomic E-state index is 9.52. The van der Waals surface area contributed by atoms with Gasteiger partial charge in [-0.1, -0.05) is 106 Å². The van der Waals surface area contributed by atoms with Crippen LogP contribution in [0.2, 0.25) is 0 Å². The third-order valence-corrected chi connectivity index (χ3v) is 12.0. The van der Waals surface area contributed by atoms with Gasteiger partial charge in [-0.15, -0.1) is 0 Å². The van der Waals surface area contributed by atoms with Crippen LogP contribution in [0.3, 0.4) is 0 Å². The van der Waals surface area contributed by atoms with Gasteiger partial charge in [0.2, 0.25) is 5.69 Å². The summed E-state index contributed by atoms with van der Waals surface area (Å²) >= 11 is 0. The maximum Gasteiger partial charge on any atom is 0.210 e. The van der Waals surface area contributed by atoms with E-state index in [0.717, 1.165) is 19.4 Å². The van der Waals surface area contributed by atoms with Gasteiger partial charge in [-0.05, 0) is 102 Å². The van der Waals surface area contributed by atoms with Crippen molar-refractivity contribution in [2.45, 2.75) is 76.5 Å². The van der Waals surface area contributed by atoms with Crippen molar-refractivity contribution in [2.24, 2.45) is 5.92 Å². The number of nitriles is 1. The minimum atomic E-state index is -0.264. The van der Waals surface area contributed by atoms with Crippen molar-refractivity contribution in [3.05, 3.63) is 143 Å². The van der Waals surface area contributed by atoms with Crippen LogP contribution in [0.15, 0.2) is 121 Å². The van der Waals surface area contributed by atoms with E-state index in [1.54, 1.807) is 0 Å². The van der Waals surface area contributed by atoms with E-state index in [-0.39, 0.29) is 10.8 Å². The number of fused-ring (bicyclic) bond motifs is 7. The first-order chi connectivity index (χ1) is 24.3. The molecule has 0 radical (unpaired) electrons. The van der Waals surface area contributed by atoms with E-state index in [0.29, 0.717) is 11.5 Å². The Balaban J connectivity index is 1.28. The lowest BCUT2D eigenvalue weighted by Gasteiger charge is -2.32. The van der Waals surface area contributed by atoms with Crippen LogP contribution in [0.5, 0.6) is 0 Å². The Kier molecular flexibility index (Phi) is 8.23. The molecule has 1 aliphatic carbocycles. The van der Waals surface area contributed by atoms with Gasteiger partial charge in [-0.25, -0.2) is 0 Å². The fourth-order valence-electron chi connectivity index (χ4n) is 9.59. The monoisotopic (exact) mass is 654 g/mol. The second-order valence-electron chi connectivity index (χ2n) is 15.5. The largest absolute Gasteiger partial charge is 0.344 e. The van der Waals surface area contributed by atoms with Crippen LogP contribution in [0.4, 0.5) is 11.4 Å². The summed E-state index contributed by atoms with van der Waals surface area (Å²) in [6.45, 7) is 8.08.